The molecule has 0 saturated heterocycles. The number of primary amides is 1. The van der Waals surface area contributed by atoms with E-state index in [0.717, 1.165) is 12.1 Å². The van der Waals surface area contributed by atoms with Crippen molar-refractivity contribution in [3.63, 3.8) is 0 Å². The molecular formula is C12H11ClN4O4S. The van der Waals surface area contributed by atoms with Gasteiger partial charge in [0.1, 0.15) is 5.69 Å². The molecule has 0 spiro atoms. The molecule has 0 aliphatic carbocycles. The number of sulfonamides is 1. The van der Waals surface area contributed by atoms with Crippen LogP contribution in [0.4, 0.5) is 5.82 Å². The number of hydrogen-bond acceptors (Lipinski definition) is 5. The molecule has 1 heterocycles. The topological polar surface area (TPSA) is 135 Å². The van der Waals surface area contributed by atoms with E-state index in [-0.39, 0.29) is 32.8 Å². The maximum Gasteiger partial charge on any atom is 0.266 e. The van der Waals surface area contributed by atoms with Crippen molar-refractivity contribution < 1.29 is 18.0 Å². The Morgan fingerprint density at radius 1 is 1.32 bits per heavy atom. The third-order valence-electron chi connectivity index (χ3n) is 2.71. The van der Waals surface area contributed by atoms with Crippen molar-refractivity contribution >= 4 is 39.1 Å². The summed E-state index contributed by atoms with van der Waals surface area (Å²) in [6.07, 6.45) is 0. The van der Waals surface area contributed by atoms with Gasteiger partial charge in [0.15, 0.2) is 11.6 Å². The van der Waals surface area contributed by atoms with Crippen LogP contribution in [0.15, 0.2) is 29.2 Å². The second-order valence-electron chi connectivity index (χ2n) is 4.33. The Hall–Kier alpha value is -2.39. The minimum absolute atomic E-state index is 0.0433. The number of benzene rings is 1. The van der Waals surface area contributed by atoms with Gasteiger partial charge in [-0.3, -0.25) is 19.4 Å². The molecule has 2 aromatic rings. The second kappa shape index (κ2) is 5.78. The molecule has 0 aliphatic rings. The van der Waals surface area contributed by atoms with Crippen molar-refractivity contribution in [2.24, 2.45) is 5.73 Å². The number of nitrogens with one attached hydrogen (secondary N) is 2. The van der Waals surface area contributed by atoms with Gasteiger partial charge in [-0.2, -0.15) is 5.10 Å². The number of nitrogens with zero attached hydrogens (tertiary/aromatic N) is 1. The summed E-state index contributed by atoms with van der Waals surface area (Å²) in [6.45, 7) is 1.28. The number of hydrogen-bond donors (Lipinski definition) is 3. The molecule has 0 aliphatic heterocycles. The molecule has 10 heteroatoms. The molecule has 1 amide bonds. The van der Waals surface area contributed by atoms with Gasteiger partial charge in [0.05, 0.1) is 9.92 Å². The second-order valence-corrected chi connectivity index (χ2v) is 6.42. The van der Waals surface area contributed by atoms with E-state index in [4.69, 9.17) is 17.3 Å². The normalized spacial score (nSPS) is 11.2. The summed E-state index contributed by atoms with van der Waals surface area (Å²) < 4.78 is 26.6. The van der Waals surface area contributed by atoms with Gasteiger partial charge in [-0.25, -0.2) is 8.42 Å². The highest BCUT2D eigenvalue weighted by atomic mass is 35.5. The van der Waals surface area contributed by atoms with Crippen LogP contribution in [0.1, 0.15) is 27.8 Å². The number of anilines is 1. The summed E-state index contributed by atoms with van der Waals surface area (Å²) in [5, 5.41) is 6.06. The van der Waals surface area contributed by atoms with Gasteiger partial charge in [-0.15, -0.1) is 0 Å². The molecule has 0 radical (unpaired) electrons. The SMILES string of the molecule is CC(=O)c1cc(S(=O)(=O)Nc2cc(C(N)=O)[nH]n2)ccc1Cl. The number of nitrogens with two attached hydrogens (primary N) is 1. The van der Waals surface area contributed by atoms with Crippen LogP contribution < -0.4 is 10.5 Å². The van der Waals surface area contributed by atoms with Crippen molar-refractivity contribution in [2.75, 3.05) is 4.72 Å². The third-order valence-corrected chi connectivity index (χ3v) is 4.39. The quantitative estimate of drug-likeness (QED) is 0.701. The molecule has 1 aromatic carbocycles. The highest BCUT2D eigenvalue weighted by Gasteiger charge is 2.19. The first-order chi connectivity index (χ1) is 10.2. The highest BCUT2D eigenvalue weighted by molar-refractivity contribution is 7.92. The summed E-state index contributed by atoms with van der Waals surface area (Å²) in [4.78, 5) is 22.2. The third kappa shape index (κ3) is 3.26. The molecule has 1 aromatic heterocycles. The first kappa shape index (κ1) is 16.0. The number of aromatic amines is 1. The molecule has 0 fully saturated rings. The number of H-pyrrole nitrogens is 1. The van der Waals surface area contributed by atoms with Gasteiger partial charge >= 0.3 is 0 Å². The van der Waals surface area contributed by atoms with Crippen LogP contribution in [0.5, 0.6) is 0 Å². The number of halogens is 1. The fraction of sp³-hybridized carbons (Fsp3) is 0.0833. The molecule has 0 bridgehead atoms. The first-order valence-corrected chi connectivity index (χ1v) is 7.75. The lowest BCUT2D eigenvalue weighted by Gasteiger charge is -2.07. The highest BCUT2D eigenvalue weighted by Crippen LogP contribution is 2.22. The minimum Gasteiger partial charge on any atom is -0.364 e. The number of rotatable bonds is 5. The van der Waals surface area contributed by atoms with E-state index < -0.39 is 15.9 Å². The van der Waals surface area contributed by atoms with Crippen LogP contribution in [-0.2, 0) is 10.0 Å². The Balaban J connectivity index is 2.36. The molecule has 2 rings (SSSR count). The van der Waals surface area contributed by atoms with E-state index in [1.807, 2.05) is 0 Å². The van der Waals surface area contributed by atoms with Crippen molar-refractivity contribution in [3.05, 3.63) is 40.5 Å². The zero-order valence-electron chi connectivity index (χ0n) is 11.3. The number of carbonyl (C=O) groups excluding carboxylic acids is 2. The lowest BCUT2D eigenvalue weighted by atomic mass is 10.1. The fourth-order valence-electron chi connectivity index (χ4n) is 1.64. The summed E-state index contributed by atoms with van der Waals surface area (Å²) in [6, 6.07) is 4.88. The molecule has 8 nitrogen and oxygen atoms in total. The molecular weight excluding hydrogens is 332 g/mol. The van der Waals surface area contributed by atoms with Gasteiger partial charge in [-0.1, -0.05) is 11.6 Å². The van der Waals surface area contributed by atoms with E-state index in [2.05, 4.69) is 14.9 Å². The maximum atomic E-state index is 12.2. The molecule has 0 saturated carbocycles. The smallest absolute Gasteiger partial charge is 0.266 e. The van der Waals surface area contributed by atoms with E-state index in [9.17, 15) is 18.0 Å². The van der Waals surface area contributed by atoms with Crippen molar-refractivity contribution in [1.82, 2.24) is 10.2 Å². The van der Waals surface area contributed by atoms with Crippen LogP contribution >= 0.6 is 11.6 Å². The summed E-state index contributed by atoms with van der Waals surface area (Å²) in [5.41, 5.74) is 5.08. The van der Waals surface area contributed by atoms with E-state index >= 15 is 0 Å². The zero-order valence-corrected chi connectivity index (χ0v) is 12.8. The average molecular weight is 343 g/mol. The fourth-order valence-corrected chi connectivity index (χ4v) is 2.91. The monoisotopic (exact) mass is 342 g/mol. The molecule has 4 N–H and O–H groups in total. The summed E-state index contributed by atoms with van der Waals surface area (Å²) in [5.74, 6) is -1.24. The summed E-state index contributed by atoms with van der Waals surface area (Å²) >= 11 is 5.83. The number of Topliss-reactive ketones (excluding diaryl/α,β-unsaturated/α-hetero) is 1. The van der Waals surface area contributed by atoms with Gasteiger partial charge in [0.2, 0.25) is 0 Å². The number of aromatic nitrogens is 2. The van der Waals surface area contributed by atoms with E-state index in [1.165, 1.54) is 19.1 Å². The van der Waals surface area contributed by atoms with Crippen LogP contribution in [0.2, 0.25) is 5.02 Å². The number of carbonyl (C=O) groups is 2. The number of ketones is 1. The molecule has 0 atom stereocenters. The molecule has 22 heavy (non-hydrogen) atoms. The van der Waals surface area contributed by atoms with Crippen LogP contribution in [0.25, 0.3) is 0 Å². The van der Waals surface area contributed by atoms with Crippen LogP contribution in [0.3, 0.4) is 0 Å². The average Bonchev–Trinajstić information content (AvgIpc) is 2.86. The Morgan fingerprint density at radius 2 is 2.00 bits per heavy atom. The Morgan fingerprint density at radius 3 is 2.55 bits per heavy atom. The Bertz CT molecular complexity index is 860. The van der Waals surface area contributed by atoms with Crippen molar-refractivity contribution in [3.8, 4) is 0 Å². The first-order valence-electron chi connectivity index (χ1n) is 5.89. The van der Waals surface area contributed by atoms with Crippen LogP contribution in [-0.4, -0.2) is 30.3 Å². The zero-order chi connectivity index (χ0) is 16.5. The largest absolute Gasteiger partial charge is 0.364 e. The predicted molar refractivity (Wildman–Crippen MR) is 79.4 cm³/mol. The number of amides is 1. The summed E-state index contributed by atoms with van der Waals surface area (Å²) in [7, 11) is -3.99. The van der Waals surface area contributed by atoms with Crippen molar-refractivity contribution in [1.29, 1.82) is 0 Å². The lowest BCUT2D eigenvalue weighted by molar-refractivity contribution is 0.0992. The van der Waals surface area contributed by atoms with Gasteiger partial charge < -0.3 is 5.73 Å². The Labute approximate surface area is 130 Å². The standard InChI is InChI=1S/C12H11ClN4O4S/c1-6(18)8-4-7(2-3-9(8)13)22(20,21)17-11-5-10(12(14)19)15-16-11/h2-5H,1H3,(H2,14,19)(H2,15,16,17). The van der Waals surface area contributed by atoms with E-state index in [0.29, 0.717) is 0 Å². The Kier molecular flexibility index (Phi) is 4.20. The van der Waals surface area contributed by atoms with Crippen molar-refractivity contribution in [2.45, 2.75) is 11.8 Å². The maximum absolute atomic E-state index is 12.2. The lowest BCUT2D eigenvalue weighted by Crippen LogP contribution is -2.14. The molecule has 116 valence electrons. The van der Waals surface area contributed by atoms with Gasteiger partial charge in [-0.05, 0) is 25.1 Å². The predicted octanol–water partition coefficient (Wildman–Crippen LogP) is 1.17. The van der Waals surface area contributed by atoms with E-state index in [1.54, 1.807) is 0 Å². The molecule has 0 unspecified atom stereocenters. The van der Waals surface area contributed by atoms with Crippen LogP contribution in [0, 0.1) is 0 Å². The van der Waals surface area contributed by atoms with Gasteiger partial charge in [0.25, 0.3) is 15.9 Å². The van der Waals surface area contributed by atoms with Gasteiger partial charge in [0, 0.05) is 11.6 Å². The minimum atomic E-state index is -3.99.